The summed E-state index contributed by atoms with van der Waals surface area (Å²) in [5.41, 5.74) is 5.95. The summed E-state index contributed by atoms with van der Waals surface area (Å²) < 4.78 is 22.8. The van der Waals surface area contributed by atoms with Crippen molar-refractivity contribution in [1.29, 1.82) is 0 Å². The van der Waals surface area contributed by atoms with E-state index in [9.17, 15) is 14.7 Å². The molecule has 0 radical (unpaired) electrons. The Balaban J connectivity index is 1.60. The Hall–Kier alpha value is -3.24. The Morgan fingerprint density at radius 3 is 2.56 bits per heavy atom. The van der Waals surface area contributed by atoms with E-state index >= 15 is 0 Å². The van der Waals surface area contributed by atoms with Gasteiger partial charge in [0, 0.05) is 23.6 Å². The fourth-order valence-electron chi connectivity index (χ4n) is 4.22. The SMILES string of the molecule is CO[C@@H]1[C@@H](N)[C@@H](O)[C@H](Oc2ccc3cc(NC(=O)c4ccccc4)c(=O)oc3c2C)OC1(C)C. The van der Waals surface area contributed by atoms with Crippen molar-refractivity contribution in [2.24, 2.45) is 5.73 Å². The predicted octanol–water partition coefficient (Wildman–Crippen LogP) is 2.57. The summed E-state index contributed by atoms with van der Waals surface area (Å²) in [5.74, 6) is -0.0553. The summed E-state index contributed by atoms with van der Waals surface area (Å²) in [6, 6.07) is 12.8. The highest BCUT2D eigenvalue weighted by molar-refractivity contribution is 6.04. The number of anilines is 1. The largest absolute Gasteiger partial charge is 0.462 e. The second kappa shape index (κ2) is 9.19. The molecule has 4 N–H and O–H groups in total. The zero-order valence-electron chi connectivity index (χ0n) is 19.4. The standard InChI is InChI=1S/C25H28N2O7/c1-13-17(32-24-19(28)18(26)21(31-4)25(2,3)34-24)11-10-15-12-16(23(30)33-20(13)15)27-22(29)14-8-6-5-7-9-14/h5-12,18-19,21,24,28H,26H2,1-4H3,(H,27,29)/t18-,19+,21+,24+/m0/s1. The molecule has 34 heavy (non-hydrogen) atoms. The van der Waals surface area contributed by atoms with Crippen molar-refractivity contribution >= 4 is 22.6 Å². The van der Waals surface area contributed by atoms with Gasteiger partial charge in [-0.25, -0.2) is 4.79 Å². The minimum Gasteiger partial charge on any atom is -0.462 e. The summed E-state index contributed by atoms with van der Waals surface area (Å²) in [6.45, 7) is 5.34. The lowest BCUT2D eigenvalue weighted by molar-refractivity contribution is -0.278. The minimum atomic E-state index is -1.14. The number of rotatable bonds is 5. The van der Waals surface area contributed by atoms with E-state index < -0.39 is 41.7 Å². The number of fused-ring (bicyclic) bond motifs is 1. The number of aliphatic hydroxyl groups is 1. The van der Waals surface area contributed by atoms with Crippen LogP contribution >= 0.6 is 0 Å². The first-order chi connectivity index (χ1) is 16.1. The number of carbonyl (C=O) groups is 1. The second-order valence-corrected chi connectivity index (χ2v) is 8.81. The zero-order chi connectivity index (χ0) is 24.6. The van der Waals surface area contributed by atoms with Crippen LogP contribution in [-0.4, -0.2) is 48.3 Å². The van der Waals surface area contributed by atoms with E-state index in [-0.39, 0.29) is 5.69 Å². The predicted molar refractivity (Wildman–Crippen MR) is 126 cm³/mol. The van der Waals surface area contributed by atoms with Crippen LogP contribution in [0.25, 0.3) is 11.0 Å². The van der Waals surface area contributed by atoms with Crippen LogP contribution < -0.4 is 21.4 Å². The van der Waals surface area contributed by atoms with Crippen molar-refractivity contribution in [3.63, 3.8) is 0 Å². The highest BCUT2D eigenvalue weighted by Crippen LogP contribution is 2.34. The molecule has 0 unspecified atom stereocenters. The van der Waals surface area contributed by atoms with Crippen LogP contribution in [0.5, 0.6) is 5.75 Å². The van der Waals surface area contributed by atoms with Gasteiger partial charge in [-0.15, -0.1) is 0 Å². The zero-order valence-corrected chi connectivity index (χ0v) is 19.4. The highest BCUT2D eigenvalue weighted by Gasteiger charge is 2.49. The van der Waals surface area contributed by atoms with Gasteiger partial charge in [-0.05, 0) is 51.1 Å². The monoisotopic (exact) mass is 468 g/mol. The van der Waals surface area contributed by atoms with Crippen LogP contribution in [0.1, 0.15) is 29.8 Å². The van der Waals surface area contributed by atoms with Gasteiger partial charge in [-0.1, -0.05) is 18.2 Å². The van der Waals surface area contributed by atoms with Crippen molar-refractivity contribution < 1.29 is 28.5 Å². The average Bonchev–Trinajstić information content (AvgIpc) is 2.80. The maximum atomic E-state index is 12.6. The van der Waals surface area contributed by atoms with Crippen molar-refractivity contribution in [3.05, 3.63) is 70.1 Å². The Labute approximate surface area is 196 Å². The average molecular weight is 469 g/mol. The first kappa shape index (κ1) is 23.9. The summed E-state index contributed by atoms with van der Waals surface area (Å²) in [5, 5.41) is 13.8. The van der Waals surface area contributed by atoms with E-state index in [0.29, 0.717) is 27.8 Å². The number of nitrogens with one attached hydrogen (secondary N) is 1. The summed E-state index contributed by atoms with van der Waals surface area (Å²) in [7, 11) is 1.51. The Morgan fingerprint density at radius 2 is 1.88 bits per heavy atom. The molecule has 1 amide bonds. The van der Waals surface area contributed by atoms with Gasteiger partial charge in [0.25, 0.3) is 5.91 Å². The van der Waals surface area contributed by atoms with Gasteiger partial charge in [-0.2, -0.15) is 0 Å². The van der Waals surface area contributed by atoms with Gasteiger partial charge >= 0.3 is 5.63 Å². The van der Waals surface area contributed by atoms with E-state index in [1.54, 1.807) is 69.3 Å². The summed E-state index contributed by atoms with van der Waals surface area (Å²) >= 11 is 0. The molecule has 2 heterocycles. The van der Waals surface area contributed by atoms with Crippen LogP contribution in [-0.2, 0) is 9.47 Å². The van der Waals surface area contributed by atoms with Crippen LogP contribution in [0.15, 0.2) is 57.7 Å². The molecule has 9 nitrogen and oxygen atoms in total. The molecule has 2 aromatic carbocycles. The molecule has 3 aromatic rings. The molecule has 180 valence electrons. The van der Waals surface area contributed by atoms with Crippen molar-refractivity contribution in [1.82, 2.24) is 0 Å². The Kier molecular flexibility index (Phi) is 6.46. The normalized spacial score (nSPS) is 24.1. The molecule has 0 bridgehead atoms. The Bertz CT molecular complexity index is 1260. The highest BCUT2D eigenvalue weighted by atomic mass is 16.7. The van der Waals surface area contributed by atoms with E-state index in [0.717, 1.165) is 0 Å². The molecule has 0 aliphatic carbocycles. The van der Waals surface area contributed by atoms with Crippen molar-refractivity contribution in [2.75, 3.05) is 12.4 Å². The number of benzene rings is 2. The fourth-order valence-corrected chi connectivity index (χ4v) is 4.22. The number of aryl methyl sites for hydroxylation is 1. The van der Waals surface area contributed by atoms with Gasteiger partial charge < -0.3 is 34.8 Å². The number of amides is 1. The lowest BCUT2D eigenvalue weighted by Gasteiger charge is -2.47. The van der Waals surface area contributed by atoms with Gasteiger partial charge in [0.2, 0.25) is 6.29 Å². The molecule has 9 heteroatoms. The first-order valence-electron chi connectivity index (χ1n) is 10.9. The summed E-state index contributed by atoms with van der Waals surface area (Å²) in [4.78, 5) is 25.0. The topological polar surface area (TPSA) is 133 Å². The van der Waals surface area contributed by atoms with Gasteiger partial charge in [0.05, 0.1) is 11.6 Å². The molecule has 0 spiro atoms. The third kappa shape index (κ3) is 4.43. The van der Waals surface area contributed by atoms with Crippen LogP contribution in [0.4, 0.5) is 5.69 Å². The minimum absolute atomic E-state index is 0.0267. The van der Waals surface area contributed by atoms with Crippen molar-refractivity contribution in [3.8, 4) is 5.75 Å². The fraction of sp³-hybridized carbons (Fsp3) is 0.360. The van der Waals surface area contributed by atoms with Crippen LogP contribution in [0, 0.1) is 6.92 Å². The second-order valence-electron chi connectivity index (χ2n) is 8.81. The maximum absolute atomic E-state index is 12.6. The lowest BCUT2D eigenvalue weighted by Crippen LogP contribution is -2.66. The van der Waals surface area contributed by atoms with Crippen LogP contribution in [0.3, 0.4) is 0 Å². The number of methoxy groups -OCH3 is 1. The number of nitrogens with two attached hydrogens (primary N) is 1. The quantitative estimate of drug-likeness (QED) is 0.487. The molecule has 4 atom stereocenters. The third-order valence-electron chi connectivity index (χ3n) is 6.01. The molecular weight excluding hydrogens is 440 g/mol. The number of hydrogen-bond acceptors (Lipinski definition) is 8. The molecule has 1 fully saturated rings. The molecule has 1 aliphatic heterocycles. The summed E-state index contributed by atoms with van der Waals surface area (Å²) in [6.07, 6.45) is -2.72. The van der Waals surface area contributed by atoms with Gasteiger partial charge in [0.15, 0.2) is 0 Å². The van der Waals surface area contributed by atoms with E-state index in [4.69, 9.17) is 24.4 Å². The van der Waals surface area contributed by atoms with E-state index in [2.05, 4.69) is 5.32 Å². The van der Waals surface area contributed by atoms with Gasteiger partial charge in [-0.3, -0.25) is 4.79 Å². The molecule has 4 rings (SSSR count). The van der Waals surface area contributed by atoms with Gasteiger partial charge in [0.1, 0.15) is 29.2 Å². The van der Waals surface area contributed by atoms with Crippen LogP contribution in [0.2, 0.25) is 0 Å². The number of ether oxygens (including phenoxy) is 3. The van der Waals surface area contributed by atoms with E-state index in [1.807, 2.05) is 0 Å². The molecule has 0 saturated carbocycles. The Morgan fingerprint density at radius 1 is 1.18 bits per heavy atom. The number of aliphatic hydroxyl groups excluding tert-OH is 1. The third-order valence-corrected chi connectivity index (χ3v) is 6.01. The smallest absolute Gasteiger partial charge is 0.360 e. The molecule has 1 aromatic heterocycles. The molecule has 1 aliphatic rings. The molecular formula is C25H28N2O7. The van der Waals surface area contributed by atoms with Crippen molar-refractivity contribution in [2.45, 2.75) is 50.9 Å². The number of carbonyl (C=O) groups excluding carboxylic acids is 1. The lowest BCUT2D eigenvalue weighted by atomic mass is 9.88. The maximum Gasteiger partial charge on any atom is 0.360 e. The number of hydrogen-bond donors (Lipinski definition) is 3. The van der Waals surface area contributed by atoms with E-state index in [1.165, 1.54) is 7.11 Å². The molecule has 1 saturated heterocycles. The first-order valence-corrected chi connectivity index (χ1v) is 10.9.